The average molecular weight is 619 g/mol. The maximum atomic E-state index is 13.5. The number of hydrogen-bond acceptors (Lipinski definition) is 9. The van der Waals surface area contributed by atoms with Crippen molar-refractivity contribution in [3.63, 3.8) is 0 Å². The van der Waals surface area contributed by atoms with Crippen LogP contribution in [0.2, 0.25) is 0 Å². The van der Waals surface area contributed by atoms with Crippen LogP contribution in [0.5, 0.6) is 5.75 Å². The van der Waals surface area contributed by atoms with Gasteiger partial charge in [-0.05, 0) is 79.0 Å². The van der Waals surface area contributed by atoms with Crippen LogP contribution in [0.1, 0.15) is 96.3 Å². The van der Waals surface area contributed by atoms with Crippen molar-refractivity contribution < 1.29 is 28.9 Å². The first-order chi connectivity index (χ1) is 20.8. The number of para-hydroxylation sites is 1. The van der Waals surface area contributed by atoms with Crippen molar-refractivity contribution >= 4 is 22.7 Å². The zero-order chi connectivity index (χ0) is 33.5. The Hall–Kier alpha value is -4.31. The van der Waals surface area contributed by atoms with Crippen LogP contribution in [0, 0.1) is 5.41 Å². The van der Waals surface area contributed by atoms with Crippen molar-refractivity contribution in [3.8, 4) is 16.9 Å². The number of carbonyl (C=O) groups excluding carboxylic acids is 2. The molecule has 0 atom stereocenters. The highest BCUT2D eigenvalue weighted by atomic mass is 16.7. The fraction of sp³-hybridized carbons (Fsp3) is 0.457. The zero-order valence-corrected chi connectivity index (χ0v) is 27.5. The maximum absolute atomic E-state index is 13.5. The summed E-state index contributed by atoms with van der Waals surface area (Å²) in [4.78, 5) is 56.4. The van der Waals surface area contributed by atoms with E-state index in [0.717, 1.165) is 0 Å². The topological polar surface area (TPSA) is 134 Å². The summed E-state index contributed by atoms with van der Waals surface area (Å²) in [5, 5.41) is 11.5. The molecule has 45 heavy (non-hydrogen) atoms. The van der Waals surface area contributed by atoms with E-state index >= 15 is 0 Å². The van der Waals surface area contributed by atoms with E-state index in [1.807, 2.05) is 52.0 Å². The molecule has 1 heterocycles. The Labute approximate surface area is 262 Å². The SMILES string of the molecule is CCCc1nc(C(C)(C)O)c(C(=O)OCOC(=O)C(C)(C)C)n1Cc1ccc(-c2ccccc2OC(C)(C)C)c2c(=O)c(=O)c12. The highest BCUT2D eigenvalue weighted by molar-refractivity contribution is 6.03. The second-order valence-corrected chi connectivity index (χ2v) is 13.7. The first kappa shape index (κ1) is 33.6. The molecule has 1 N–H and O–H groups in total. The van der Waals surface area contributed by atoms with E-state index in [9.17, 15) is 24.3 Å². The van der Waals surface area contributed by atoms with Gasteiger partial charge in [0.1, 0.15) is 28.5 Å². The van der Waals surface area contributed by atoms with Gasteiger partial charge in [0.2, 0.25) is 17.7 Å². The van der Waals surface area contributed by atoms with E-state index in [1.165, 1.54) is 13.8 Å². The molecule has 4 aromatic rings. The number of aryl methyl sites for hydroxylation is 1. The van der Waals surface area contributed by atoms with Crippen molar-refractivity contribution in [2.45, 2.75) is 92.9 Å². The standard InChI is InChI=1S/C35H42N2O8/c1-10-13-24-36-30(35(8,9)42)27(31(40)43-19-44-32(41)33(2,3)4)37(24)18-20-16-17-22(26-25(20)28(38)29(26)39)21-14-11-12-15-23(21)45-34(5,6)7/h11-12,14-17,42H,10,13,18-19H2,1-9H3. The van der Waals surface area contributed by atoms with E-state index in [4.69, 9.17) is 14.2 Å². The van der Waals surface area contributed by atoms with Crippen LogP contribution in [0.4, 0.5) is 0 Å². The fourth-order valence-electron chi connectivity index (χ4n) is 5.08. The molecular weight excluding hydrogens is 576 g/mol. The van der Waals surface area contributed by atoms with Gasteiger partial charge in [-0.2, -0.15) is 0 Å². The lowest BCUT2D eigenvalue weighted by Gasteiger charge is -2.24. The molecular formula is C35H42N2O8. The van der Waals surface area contributed by atoms with Crippen LogP contribution in [0.25, 0.3) is 21.9 Å². The van der Waals surface area contributed by atoms with Crippen molar-refractivity contribution in [3.05, 3.63) is 79.6 Å². The molecule has 0 aliphatic carbocycles. The second-order valence-electron chi connectivity index (χ2n) is 13.7. The number of benzene rings is 2. The minimum absolute atomic E-state index is 0.00635. The van der Waals surface area contributed by atoms with Crippen molar-refractivity contribution in [1.29, 1.82) is 0 Å². The molecule has 4 rings (SSSR count). The lowest BCUT2D eigenvalue weighted by atomic mass is 9.90. The molecule has 3 aromatic carbocycles. The van der Waals surface area contributed by atoms with Crippen LogP contribution in [0.15, 0.2) is 46.0 Å². The molecule has 0 unspecified atom stereocenters. The number of fused-ring (bicyclic) bond motifs is 1. The van der Waals surface area contributed by atoms with E-state index in [0.29, 0.717) is 46.5 Å². The van der Waals surface area contributed by atoms with Gasteiger partial charge in [-0.3, -0.25) is 14.4 Å². The minimum Gasteiger partial charge on any atom is -0.488 e. The van der Waals surface area contributed by atoms with E-state index in [2.05, 4.69) is 4.98 Å². The number of aliphatic hydroxyl groups is 1. The Bertz CT molecular complexity index is 1820. The summed E-state index contributed by atoms with van der Waals surface area (Å²) in [6.07, 6.45) is 1.14. The summed E-state index contributed by atoms with van der Waals surface area (Å²) in [5.41, 5.74) is -2.19. The third-order valence-corrected chi connectivity index (χ3v) is 7.16. The summed E-state index contributed by atoms with van der Waals surface area (Å²) in [6, 6.07) is 10.9. The number of aromatic nitrogens is 2. The summed E-state index contributed by atoms with van der Waals surface area (Å²) >= 11 is 0. The molecule has 10 heteroatoms. The van der Waals surface area contributed by atoms with Crippen LogP contribution >= 0.6 is 0 Å². The van der Waals surface area contributed by atoms with Gasteiger partial charge >= 0.3 is 11.9 Å². The fourth-order valence-corrected chi connectivity index (χ4v) is 5.08. The second kappa shape index (κ2) is 12.2. The van der Waals surface area contributed by atoms with E-state index in [-0.39, 0.29) is 23.3 Å². The lowest BCUT2D eigenvalue weighted by Crippen LogP contribution is -2.33. The van der Waals surface area contributed by atoms with Gasteiger partial charge in [-0.25, -0.2) is 9.78 Å². The van der Waals surface area contributed by atoms with E-state index in [1.54, 1.807) is 37.5 Å². The zero-order valence-electron chi connectivity index (χ0n) is 27.5. The lowest BCUT2D eigenvalue weighted by molar-refractivity contribution is -0.161. The average Bonchev–Trinajstić information content (AvgIpc) is 3.30. The van der Waals surface area contributed by atoms with Gasteiger partial charge in [0.15, 0.2) is 5.69 Å². The smallest absolute Gasteiger partial charge is 0.359 e. The van der Waals surface area contributed by atoms with E-state index < -0.39 is 46.2 Å². The highest BCUT2D eigenvalue weighted by Crippen LogP contribution is 2.37. The molecule has 10 nitrogen and oxygen atoms in total. The molecule has 0 radical (unpaired) electrons. The van der Waals surface area contributed by atoms with Gasteiger partial charge in [0, 0.05) is 22.8 Å². The normalized spacial score (nSPS) is 12.5. The molecule has 0 bridgehead atoms. The molecule has 0 aliphatic rings. The first-order valence-electron chi connectivity index (χ1n) is 15.0. The van der Waals surface area contributed by atoms with Gasteiger partial charge in [0.25, 0.3) is 0 Å². The monoisotopic (exact) mass is 618 g/mol. The molecule has 240 valence electrons. The summed E-state index contributed by atoms with van der Waals surface area (Å²) < 4.78 is 18.2. The van der Waals surface area contributed by atoms with Gasteiger partial charge in [-0.15, -0.1) is 0 Å². The molecule has 0 saturated carbocycles. The van der Waals surface area contributed by atoms with Gasteiger partial charge < -0.3 is 23.9 Å². The van der Waals surface area contributed by atoms with Crippen LogP contribution in [-0.4, -0.2) is 39.0 Å². The molecule has 0 fully saturated rings. The minimum atomic E-state index is -1.53. The molecule has 1 aromatic heterocycles. The predicted molar refractivity (Wildman–Crippen MR) is 171 cm³/mol. The molecule has 0 aliphatic heterocycles. The quantitative estimate of drug-likeness (QED) is 0.141. The maximum Gasteiger partial charge on any atom is 0.359 e. The Kier molecular flexibility index (Phi) is 9.13. The first-order valence-corrected chi connectivity index (χ1v) is 15.0. The number of nitrogens with zero attached hydrogens (tertiary/aromatic N) is 2. The Morgan fingerprint density at radius 2 is 1.51 bits per heavy atom. The summed E-state index contributed by atoms with van der Waals surface area (Å²) in [6.45, 7) is 15.2. The third kappa shape index (κ3) is 7.01. The number of imidazole rings is 1. The molecule has 0 amide bonds. The Morgan fingerprint density at radius 1 is 0.867 bits per heavy atom. The molecule has 0 spiro atoms. The number of ether oxygens (including phenoxy) is 3. The Morgan fingerprint density at radius 3 is 2.11 bits per heavy atom. The van der Waals surface area contributed by atoms with Crippen molar-refractivity contribution in [2.75, 3.05) is 6.79 Å². The van der Waals surface area contributed by atoms with Crippen LogP contribution in [0.3, 0.4) is 0 Å². The molecule has 0 saturated heterocycles. The third-order valence-electron chi connectivity index (χ3n) is 7.16. The van der Waals surface area contributed by atoms with Crippen LogP contribution < -0.4 is 15.6 Å². The van der Waals surface area contributed by atoms with Gasteiger partial charge in [-0.1, -0.05) is 37.3 Å². The summed E-state index contributed by atoms with van der Waals surface area (Å²) in [5.74, 6) is -0.322. The number of rotatable bonds is 10. The Balaban J connectivity index is 1.82. The number of hydrogen-bond donors (Lipinski definition) is 1. The number of carbonyl (C=O) groups is 2. The summed E-state index contributed by atoms with van der Waals surface area (Å²) in [7, 11) is 0. The largest absolute Gasteiger partial charge is 0.488 e. The van der Waals surface area contributed by atoms with Crippen LogP contribution in [-0.2, 0) is 32.8 Å². The van der Waals surface area contributed by atoms with Crippen molar-refractivity contribution in [1.82, 2.24) is 9.55 Å². The number of esters is 2. The van der Waals surface area contributed by atoms with Gasteiger partial charge in [0.05, 0.1) is 12.0 Å². The van der Waals surface area contributed by atoms with Crippen molar-refractivity contribution in [2.24, 2.45) is 5.41 Å². The highest BCUT2D eigenvalue weighted by Gasteiger charge is 2.34. The predicted octanol–water partition coefficient (Wildman–Crippen LogP) is 5.41.